The molecule has 1 aromatic heterocycles. The molecule has 2 fully saturated rings. The highest BCUT2D eigenvalue weighted by Gasteiger charge is 2.43. The molecular weight excluding hydrogens is 346 g/mol. The monoisotopic (exact) mass is 371 g/mol. The van der Waals surface area contributed by atoms with Crippen molar-refractivity contribution in [1.29, 1.82) is 0 Å². The van der Waals surface area contributed by atoms with Crippen LogP contribution in [-0.2, 0) is 11.3 Å². The van der Waals surface area contributed by atoms with E-state index < -0.39 is 11.3 Å². The van der Waals surface area contributed by atoms with Gasteiger partial charge in [-0.05, 0) is 31.4 Å². The van der Waals surface area contributed by atoms with Crippen molar-refractivity contribution in [3.8, 4) is 0 Å². The van der Waals surface area contributed by atoms with E-state index in [1.54, 1.807) is 29.2 Å². The quantitative estimate of drug-likeness (QED) is 0.848. The number of benzene rings is 1. The molecule has 2 N–H and O–H groups in total. The highest BCUT2D eigenvalue weighted by Crippen LogP contribution is 2.39. The summed E-state index contributed by atoms with van der Waals surface area (Å²) in [5.74, 6) is 0.0674. The lowest BCUT2D eigenvalue weighted by Gasteiger charge is -2.47. The van der Waals surface area contributed by atoms with Crippen LogP contribution in [0, 0.1) is 5.92 Å². The predicted molar refractivity (Wildman–Crippen MR) is 102 cm³/mol. The maximum atomic E-state index is 12.7. The topological polar surface area (TPSA) is 95.4 Å². The van der Waals surface area contributed by atoms with Crippen LogP contribution in [0.25, 0.3) is 10.9 Å². The van der Waals surface area contributed by atoms with Gasteiger partial charge in [-0.2, -0.15) is 0 Å². The summed E-state index contributed by atoms with van der Waals surface area (Å²) in [6, 6.07) is 6.86. The van der Waals surface area contributed by atoms with E-state index in [1.165, 1.54) is 0 Å². The molecule has 0 bridgehead atoms. The van der Waals surface area contributed by atoms with Gasteiger partial charge in [-0.15, -0.1) is 0 Å². The summed E-state index contributed by atoms with van der Waals surface area (Å²) >= 11 is 0. The number of nitrogens with one attached hydrogen (secondary N) is 1. The second-order valence-corrected chi connectivity index (χ2v) is 7.82. The fraction of sp³-hybridized carbons (Fsp3) is 0.550. The number of rotatable bonds is 3. The maximum Gasteiger partial charge on any atom is 0.328 e. The van der Waals surface area contributed by atoms with Crippen LogP contribution in [0.3, 0.4) is 0 Å². The number of aromatic nitrogens is 2. The molecule has 1 amide bonds. The SMILES string of the molecule is O=C(CCn1c(=O)[nH]c2ccccc2c1=O)N1CCC2(O)CCCCC2C1. The molecule has 0 radical (unpaired) electrons. The summed E-state index contributed by atoms with van der Waals surface area (Å²) in [6.45, 7) is 1.16. The van der Waals surface area contributed by atoms with E-state index in [1.807, 2.05) is 0 Å². The summed E-state index contributed by atoms with van der Waals surface area (Å²) < 4.78 is 1.10. The van der Waals surface area contributed by atoms with Gasteiger partial charge >= 0.3 is 5.69 Å². The van der Waals surface area contributed by atoms with Crippen LogP contribution < -0.4 is 11.2 Å². The number of likely N-dealkylation sites (tertiary alicyclic amines) is 1. The van der Waals surface area contributed by atoms with Gasteiger partial charge in [0.1, 0.15) is 0 Å². The number of aromatic amines is 1. The van der Waals surface area contributed by atoms with Gasteiger partial charge in [0.2, 0.25) is 5.91 Å². The molecular formula is C20H25N3O4. The Morgan fingerprint density at radius 1 is 1.22 bits per heavy atom. The van der Waals surface area contributed by atoms with Gasteiger partial charge in [0.05, 0.1) is 16.5 Å². The summed E-state index contributed by atoms with van der Waals surface area (Å²) in [5.41, 5.74) is -0.987. The zero-order valence-electron chi connectivity index (χ0n) is 15.3. The molecule has 1 saturated heterocycles. The Labute approximate surface area is 156 Å². The number of piperidine rings is 1. The zero-order valence-corrected chi connectivity index (χ0v) is 15.3. The minimum Gasteiger partial charge on any atom is -0.389 e. The molecule has 144 valence electrons. The average molecular weight is 371 g/mol. The summed E-state index contributed by atoms with van der Waals surface area (Å²) in [5, 5.41) is 11.2. The largest absolute Gasteiger partial charge is 0.389 e. The van der Waals surface area contributed by atoms with Gasteiger partial charge < -0.3 is 15.0 Å². The lowest BCUT2D eigenvalue weighted by molar-refractivity contribution is -0.143. The molecule has 0 spiro atoms. The van der Waals surface area contributed by atoms with Crippen LogP contribution in [0.2, 0.25) is 0 Å². The van der Waals surface area contributed by atoms with Crippen molar-refractivity contribution >= 4 is 16.8 Å². The Morgan fingerprint density at radius 2 is 2.04 bits per heavy atom. The summed E-state index contributed by atoms with van der Waals surface area (Å²) in [7, 11) is 0. The zero-order chi connectivity index (χ0) is 19.0. The normalized spacial score (nSPS) is 25.4. The first-order valence-corrected chi connectivity index (χ1v) is 9.70. The Morgan fingerprint density at radius 3 is 2.89 bits per heavy atom. The molecule has 1 aromatic carbocycles. The van der Waals surface area contributed by atoms with Gasteiger partial charge in [-0.25, -0.2) is 4.79 Å². The molecule has 4 rings (SSSR count). The minimum absolute atomic E-state index is 0.0588. The number of nitrogens with zero attached hydrogens (tertiary/aromatic N) is 2. The third-order valence-corrected chi connectivity index (χ3v) is 6.22. The second kappa shape index (κ2) is 6.96. The molecule has 2 atom stereocenters. The Hall–Kier alpha value is -2.41. The van der Waals surface area contributed by atoms with E-state index in [0.717, 1.165) is 30.3 Å². The van der Waals surface area contributed by atoms with Crippen LogP contribution >= 0.6 is 0 Å². The molecule has 2 heterocycles. The number of hydrogen-bond donors (Lipinski definition) is 2. The van der Waals surface area contributed by atoms with Gasteiger partial charge in [0, 0.05) is 32.0 Å². The van der Waals surface area contributed by atoms with Crippen molar-refractivity contribution < 1.29 is 9.90 Å². The average Bonchev–Trinajstić information content (AvgIpc) is 2.67. The molecule has 27 heavy (non-hydrogen) atoms. The molecule has 1 aliphatic heterocycles. The van der Waals surface area contributed by atoms with E-state index in [9.17, 15) is 19.5 Å². The van der Waals surface area contributed by atoms with E-state index in [2.05, 4.69) is 4.98 Å². The number of carbonyl (C=O) groups excluding carboxylic acids is 1. The Balaban J connectivity index is 1.46. The smallest absolute Gasteiger partial charge is 0.328 e. The fourth-order valence-corrected chi connectivity index (χ4v) is 4.56. The van der Waals surface area contributed by atoms with Crippen LogP contribution in [0.15, 0.2) is 33.9 Å². The highest BCUT2D eigenvalue weighted by atomic mass is 16.3. The van der Waals surface area contributed by atoms with Gasteiger partial charge in [0.25, 0.3) is 5.56 Å². The molecule has 1 aliphatic carbocycles. The van der Waals surface area contributed by atoms with Crippen LogP contribution in [0.1, 0.15) is 38.5 Å². The van der Waals surface area contributed by atoms with Gasteiger partial charge in [0.15, 0.2) is 0 Å². The number of H-pyrrole nitrogens is 1. The van der Waals surface area contributed by atoms with Crippen molar-refractivity contribution in [2.45, 2.75) is 50.7 Å². The number of carbonyl (C=O) groups is 1. The first-order chi connectivity index (χ1) is 13.0. The number of amides is 1. The number of aliphatic hydroxyl groups is 1. The molecule has 2 unspecified atom stereocenters. The van der Waals surface area contributed by atoms with Crippen molar-refractivity contribution in [2.75, 3.05) is 13.1 Å². The Kier molecular flexibility index (Phi) is 4.63. The van der Waals surface area contributed by atoms with Crippen molar-refractivity contribution in [2.24, 2.45) is 5.92 Å². The van der Waals surface area contributed by atoms with Crippen LogP contribution in [0.5, 0.6) is 0 Å². The van der Waals surface area contributed by atoms with Gasteiger partial charge in [-0.1, -0.05) is 25.0 Å². The van der Waals surface area contributed by atoms with E-state index >= 15 is 0 Å². The summed E-state index contributed by atoms with van der Waals surface area (Å²) in [4.78, 5) is 41.9. The molecule has 2 aliphatic rings. The van der Waals surface area contributed by atoms with Gasteiger partial charge in [-0.3, -0.25) is 14.2 Å². The number of para-hydroxylation sites is 1. The lowest BCUT2D eigenvalue weighted by Crippen LogP contribution is -2.54. The van der Waals surface area contributed by atoms with Crippen LogP contribution in [-0.4, -0.2) is 44.2 Å². The molecule has 7 nitrogen and oxygen atoms in total. The lowest BCUT2D eigenvalue weighted by atomic mass is 9.71. The maximum absolute atomic E-state index is 12.7. The highest BCUT2D eigenvalue weighted by molar-refractivity contribution is 5.77. The van der Waals surface area contributed by atoms with E-state index in [0.29, 0.717) is 30.4 Å². The third kappa shape index (κ3) is 3.32. The predicted octanol–water partition coefficient (Wildman–Crippen LogP) is 1.23. The van der Waals surface area contributed by atoms with Crippen molar-refractivity contribution in [3.63, 3.8) is 0 Å². The van der Waals surface area contributed by atoms with Crippen molar-refractivity contribution in [3.05, 3.63) is 45.1 Å². The number of hydrogen-bond acceptors (Lipinski definition) is 4. The third-order valence-electron chi connectivity index (χ3n) is 6.22. The molecule has 2 aromatic rings. The molecule has 1 saturated carbocycles. The van der Waals surface area contributed by atoms with Crippen molar-refractivity contribution in [1.82, 2.24) is 14.5 Å². The fourth-order valence-electron chi connectivity index (χ4n) is 4.56. The minimum atomic E-state index is -0.624. The Bertz CT molecular complexity index is 979. The van der Waals surface area contributed by atoms with E-state index in [-0.39, 0.29) is 30.3 Å². The standard InChI is InChI=1S/C20H25N3O4/c24-17(22-12-10-20(27)9-4-3-5-14(20)13-22)8-11-23-18(25)15-6-1-2-7-16(15)21-19(23)26/h1-2,6-7,14,27H,3-5,8-13H2,(H,21,26). The van der Waals surface area contributed by atoms with Crippen LogP contribution in [0.4, 0.5) is 0 Å². The van der Waals surface area contributed by atoms with E-state index in [4.69, 9.17) is 0 Å². The molecule has 7 heteroatoms. The number of fused-ring (bicyclic) bond motifs is 2. The second-order valence-electron chi connectivity index (χ2n) is 7.82. The summed E-state index contributed by atoms with van der Waals surface area (Å²) in [6.07, 6.45) is 4.63. The first-order valence-electron chi connectivity index (χ1n) is 9.70. The first kappa shape index (κ1) is 18.0.